The van der Waals surface area contributed by atoms with Crippen molar-refractivity contribution in [2.45, 2.75) is 25.4 Å². The van der Waals surface area contributed by atoms with Crippen LogP contribution in [0, 0.1) is 0 Å². The fourth-order valence-electron chi connectivity index (χ4n) is 2.21. The lowest BCUT2D eigenvalue weighted by Gasteiger charge is -2.38. The van der Waals surface area contributed by atoms with Crippen LogP contribution in [0.4, 0.5) is 5.69 Å². The number of rotatable bonds is 2. The summed E-state index contributed by atoms with van der Waals surface area (Å²) in [5.74, 6) is 0. The number of hydrogen-bond acceptors (Lipinski definition) is 3. The molecule has 0 bridgehead atoms. The van der Waals surface area contributed by atoms with Crippen molar-refractivity contribution >= 4 is 38.8 Å². The number of benzene rings is 1. The van der Waals surface area contributed by atoms with Gasteiger partial charge >= 0.3 is 0 Å². The van der Waals surface area contributed by atoms with Crippen LogP contribution in [0.3, 0.4) is 0 Å². The molecule has 0 spiro atoms. The van der Waals surface area contributed by atoms with E-state index in [4.69, 9.17) is 18.0 Å². The van der Waals surface area contributed by atoms with Crippen molar-refractivity contribution in [1.82, 2.24) is 0 Å². The van der Waals surface area contributed by atoms with Gasteiger partial charge < -0.3 is 15.7 Å². The number of hydrogen-bond donors (Lipinski definition) is 2. The van der Waals surface area contributed by atoms with Gasteiger partial charge in [0.1, 0.15) is 4.99 Å². The Morgan fingerprint density at radius 2 is 2.06 bits per heavy atom. The van der Waals surface area contributed by atoms with E-state index in [2.05, 4.69) is 20.8 Å². The molecule has 5 heteroatoms. The summed E-state index contributed by atoms with van der Waals surface area (Å²) in [6, 6.07) is 5.97. The first-order valence-electron chi connectivity index (χ1n) is 5.96. The molecule has 1 heterocycles. The molecule has 1 aliphatic heterocycles. The number of anilines is 1. The fraction of sp³-hybridized carbons (Fsp3) is 0.462. The van der Waals surface area contributed by atoms with Gasteiger partial charge in [0.2, 0.25) is 0 Å². The monoisotopic (exact) mass is 328 g/mol. The standard InChI is InChI=1S/C13H17BrN2OS/c1-13(17)4-6-16(7-5-13)11-3-2-9(14)8-10(11)12(15)18/h2-3,8,17H,4-7H2,1H3,(H2,15,18). The van der Waals surface area contributed by atoms with Gasteiger partial charge in [-0.15, -0.1) is 0 Å². The molecule has 1 saturated heterocycles. The largest absolute Gasteiger partial charge is 0.390 e. The van der Waals surface area contributed by atoms with Crippen LogP contribution in [0.1, 0.15) is 25.3 Å². The molecule has 2 rings (SSSR count). The highest BCUT2D eigenvalue weighted by molar-refractivity contribution is 9.10. The van der Waals surface area contributed by atoms with E-state index in [1.165, 1.54) is 0 Å². The maximum absolute atomic E-state index is 9.98. The van der Waals surface area contributed by atoms with E-state index in [9.17, 15) is 5.11 Å². The molecule has 0 radical (unpaired) electrons. The number of aliphatic hydroxyl groups is 1. The van der Waals surface area contributed by atoms with Gasteiger partial charge in [-0.2, -0.15) is 0 Å². The van der Waals surface area contributed by atoms with Gasteiger partial charge in [-0.25, -0.2) is 0 Å². The molecule has 0 aromatic heterocycles. The lowest BCUT2D eigenvalue weighted by molar-refractivity contribution is 0.0351. The van der Waals surface area contributed by atoms with Crippen LogP contribution in [0.2, 0.25) is 0 Å². The lowest BCUT2D eigenvalue weighted by Crippen LogP contribution is -2.43. The third-order valence-corrected chi connectivity index (χ3v) is 4.12. The smallest absolute Gasteiger partial charge is 0.106 e. The summed E-state index contributed by atoms with van der Waals surface area (Å²) in [6.45, 7) is 3.54. The second-order valence-corrected chi connectivity index (χ2v) is 6.37. The van der Waals surface area contributed by atoms with E-state index in [0.29, 0.717) is 4.99 Å². The summed E-state index contributed by atoms with van der Waals surface area (Å²) in [4.78, 5) is 2.64. The van der Waals surface area contributed by atoms with E-state index in [1.807, 2.05) is 25.1 Å². The van der Waals surface area contributed by atoms with Gasteiger partial charge in [0.15, 0.2) is 0 Å². The Bertz CT molecular complexity index is 466. The Labute approximate surface area is 121 Å². The number of piperidine rings is 1. The summed E-state index contributed by atoms with van der Waals surface area (Å²) < 4.78 is 0.970. The zero-order valence-electron chi connectivity index (χ0n) is 10.3. The van der Waals surface area contributed by atoms with E-state index in [1.54, 1.807) is 0 Å². The quantitative estimate of drug-likeness (QED) is 0.819. The van der Waals surface area contributed by atoms with Crippen LogP contribution in [0.15, 0.2) is 22.7 Å². The predicted molar refractivity (Wildman–Crippen MR) is 82.1 cm³/mol. The lowest BCUT2D eigenvalue weighted by atomic mass is 9.93. The molecule has 3 N–H and O–H groups in total. The topological polar surface area (TPSA) is 49.5 Å². The van der Waals surface area contributed by atoms with Gasteiger partial charge in [-0.3, -0.25) is 0 Å². The predicted octanol–water partition coefficient (Wildman–Crippen LogP) is 2.43. The summed E-state index contributed by atoms with van der Waals surface area (Å²) in [6.07, 6.45) is 1.53. The molecule has 98 valence electrons. The molecule has 1 aromatic rings. The van der Waals surface area contributed by atoms with Crippen LogP contribution < -0.4 is 10.6 Å². The van der Waals surface area contributed by atoms with Crippen molar-refractivity contribution in [2.24, 2.45) is 5.73 Å². The minimum atomic E-state index is -0.546. The molecule has 0 atom stereocenters. The molecule has 0 saturated carbocycles. The first-order chi connectivity index (χ1) is 8.39. The van der Waals surface area contributed by atoms with Gasteiger partial charge in [0, 0.05) is 28.8 Å². The van der Waals surface area contributed by atoms with E-state index >= 15 is 0 Å². The number of nitrogens with zero attached hydrogens (tertiary/aromatic N) is 1. The molecule has 1 aromatic carbocycles. The zero-order valence-corrected chi connectivity index (χ0v) is 12.7. The van der Waals surface area contributed by atoms with Gasteiger partial charge in [-0.1, -0.05) is 28.1 Å². The molecule has 3 nitrogen and oxygen atoms in total. The maximum atomic E-state index is 9.98. The molecule has 0 amide bonds. The average Bonchev–Trinajstić information content (AvgIpc) is 2.29. The van der Waals surface area contributed by atoms with Crippen LogP contribution in [-0.2, 0) is 0 Å². The molecule has 18 heavy (non-hydrogen) atoms. The molecule has 0 unspecified atom stereocenters. The second-order valence-electron chi connectivity index (χ2n) is 5.01. The van der Waals surface area contributed by atoms with E-state index < -0.39 is 5.60 Å². The van der Waals surface area contributed by atoms with Crippen LogP contribution in [-0.4, -0.2) is 28.8 Å². The third kappa shape index (κ3) is 3.02. The Hall–Kier alpha value is -0.650. The Morgan fingerprint density at radius 1 is 1.44 bits per heavy atom. The first-order valence-corrected chi connectivity index (χ1v) is 7.16. The van der Waals surface area contributed by atoms with Crippen molar-refractivity contribution < 1.29 is 5.11 Å². The molecule has 1 aliphatic rings. The number of thiocarbonyl (C=S) groups is 1. The van der Waals surface area contributed by atoms with Gasteiger partial charge in [0.05, 0.1) is 5.60 Å². The third-order valence-electron chi connectivity index (χ3n) is 3.41. The second kappa shape index (κ2) is 5.15. The Kier molecular flexibility index (Phi) is 3.94. The summed E-state index contributed by atoms with van der Waals surface area (Å²) in [7, 11) is 0. The van der Waals surface area contributed by atoms with Crippen molar-refractivity contribution in [3.8, 4) is 0 Å². The summed E-state index contributed by atoms with van der Waals surface area (Å²) >= 11 is 8.54. The highest BCUT2D eigenvalue weighted by atomic mass is 79.9. The van der Waals surface area contributed by atoms with Crippen LogP contribution in [0.25, 0.3) is 0 Å². The van der Waals surface area contributed by atoms with Crippen molar-refractivity contribution in [3.05, 3.63) is 28.2 Å². The molecule has 0 aliphatic carbocycles. The Balaban J connectivity index is 2.26. The average molecular weight is 329 g/mol. The molecule has 1 fully saturated rings. The Morgan fingerprint density at radius 3 is 2.61 bits per heavy atom. The van der Waals surface area contributed by atoms with Crippen molar-refractivity contribution in [1.29, 1.82) is 0 Å². The first kappa shape index (κ1) is 13.8. The zero-order chi connectivity index (χ0) is 13.3. The van der Waals surface area contributed by atoms with E-state index in [-0.39, 0.29) is 0 Å². The molecular weight excluding hydrogens is 312 g/mol. The SMILES string of the molecule is CC1(O)CCN(c2ccc(Br)cc2C(N)=S)CC1. The fourth-order valence-corrected chi connectivity index (χ4v) is 2.74. The minimum Gasteiger partial charge on any atom is -0.390 e. The van der Waals surface area contributed by atoms with Crippen molar-refractivity contribution in [2.75, 3.05) is 18.0 Å². The summed E-state index contributed by atoms with van der Waals surface area (Å²) in [5.41, 5.74) is 7.18. The van der Waals surface area contributed by atoms with Crippen LogP contribution in [0.5, 0.6) is 0 Å². The van der Waals surface area contributed by atoms with E-state index in [0.717, 1.165) is 41.7 Å². The minimum absolute atomic E-state index is 0.406. The maximum Gasteiger partial charge on any atom is 0.106 e. The summed E-state index contributed by atoms with van der Waals surface area (Å²) in [5, 5.41) is 9.98. The van der Waals surface area contributed by atoms with Gasteiger partial charge in [0.25, 0.3) is 0 Å². The van der Waals surface area contributed by atoms with Crippen molar-refractivity contribution in [3.63, 3.8) is 0 Å². The molecular formula is C13H17BrN2OS. The van der Waals surface area contributed by atoms with Gasteiger partial charge in [-0.05, 0) is 38.0 Å². The number of nitrogens with two attached hydrogens (primary N) is 1. The highest BCUT2D eigenvalue weighted by Crippen LogP contribution is 2.30. The van der Waals surface area contributed by atoms with Crippen LogP contribution >= 0.6 is 28.1 Å². The highest BCUT2D eigenvalue weighted by Gasteiger charge is 2.28. The number of halogens is 1. The normalized spacial score (nSPS) is 18.7.